The molecule has 4 rings (SSSR count). The van der Waals surface area contributed by atoms with E-state index in [-0.39, 0.29) is 12.2 Å². The smallest absolute Gasteiger partial charge is 0.338 e. The lowest BCUT2D eigenvalue weighted by Gasteiger charge is -2.24. The predicted octanol–water partition coefficient (Wildman–Crippen LogP) is 5.20. The maximum atomic E-state index is 13.8. The van der Waals surface area contributed by atoms with Crippen molar-refractivity contribution in [3.05, 3.63) is 106 Å². The first-order valence-electron chi connectivity index (χ1n) is 11.2. The first-order chi connectivity index (χ1) is 17.2. The van der Waals surface area contributed by atoms with E-state index in [1.165, 1.54) is 11.3 Å². The van der Waals surface area contributed by atoms with Gasteiger partial charge >= 0.3 is 5.97 Å². The first kappa shape index (κ1) is 26.3. The van der Waals surface area contributed by atoms with Crippen LogP contribution in [0.15, 0.2) is 79.1 Å². The highest BCUT2D eigenvalue weighted by atomic mass is 79.9. The second-order valence-electron chi connectivity index (χ2n) is 8.12. The van der Waals surface area contributed by atoms with Crippen molar-refractivity contribution >= 4 is 55.2 Å². The van der Waals surface area contributed by atoms with E-state index < -0.39 is 12.0 Å². The zero-order chi connectivity index (χ0) is 26.0. The van der Waals surface area contributed by atoms with E-state index in [0.29, 0.717) is 33.0 Å². The molecule has 2 heterocycles. The molecule has 1 aliphatic rings. The van der Waals surface area contributed by atoms with E-state index >= 15 is 0 Å². The van der Waals surface area contributed by atoms with Crippen LogP contribution in [-0.4, -0.2) is 23.8 Å². The molecule has 0 bridgehead atoms. The number of ether oxygens (including phenoxy) is 2. The fraction of sp³-hybridized carbons (Fsp3) is 0.222. The van der Waals surface area contributed by atoms with Crippen LogP contribution in [0.5, 0.6) is 5.75 Å². The number of fused-ring (bicyclic) bond motifs is 1. The molecule has 3 aromatic rings. The Labute approximate surface area is 229 Å². The third kappa shape index (κ3) is 5.19. The minimum Gasteiger partial charge on any atom is -0.488 e. The molecule has 1 atom stereocenters. The lowest BCUT2D eigenvalue weighted by atomic mass is 9.95. The predicted molar refractivity (Wildman–Crippen MR) is 149 cm³/mol. The lowest BCUT2D eigenvalue weighted by Crippen LogP contribution is -2.39. The highest BCUT2D eigenvalue weighted by molar-refractivity contribution is 9.11. The van der Waals surface area contributed by atoms with Gasteiger partial charge in [0.2, 0.25) is 0 Å². The normalized spacial score (nSPS) is 15.4. The van der Waals surface area contributed by atoms with E-state index in [9.17, 15) is 9.59 Å². The summed E-state index contributed by atoms with van der Waals surface area (Å²) in [6.07, 6.45) is 3.45. The second-order valence-corrected chi connectivity index (χ2v) is 10.9. The Morgan fingerprint density at radius 1 is 1.22 bits per heavy atom. The summed E-state index contributed by atoms with van der Waals surface area (Å²) in [7, 11) is 0. The van der Waals surface area contributed by atoms with Crippen LogP contribution in [-0.2, 0) is 9.53 Å². The van der Waals surface area contributed by atoms with Crippen molar-refractivity contribution in [1.82, 2.24) is 4.57 Å². The van der Waals surface area contributed by atoms with E-state index in [4.69, 9.17) is 9.47 Å². The van der Waals surface area contributed by atoms with Gasteiger partial charge in [-0.25, -0.2) is 9.79 Å². The summed E-state index contributed by atoms with van der Waals surface area (Å²) in [5.74, 6) is 0.122. The van der Waals surface area contributed by atoms with Crippen molar-refractivity contribution < 1.29 is 14.3 Å². The van der Waals surface area contributed by atoms with Gasteiger partial charge in [0.15, 0.2) is 4.80 Å². The minimum atomic E-state index is -0.645. The molecule has 1 aromatic heterocycles. The average Bonchev–Trinajstić information content (AvgIpc) is 3.12. The van der Waals surface area contributed by atoms with Gasteiger partial charge in [0.25, 0.3) is 5.56 Å². The average molecular weight is 632 g/mol. The standard InChI is InChI=1S/C27H24Br2N2O4S/c1-5-11-35-24-18(12-19(28)14-20(24)29)13-21-25(32)31-23(17-9-7-15(3)8-10-17)22(26(33)34-6-2)16(4)30-27(31)36-21/h5,7-10,12-14,23H,1,6,11H2,2-4H3/b21-13-/t23-/m0/s1. The van der Waals surface area contributed by atoms with Gasteiger partial charge in [-0.1, -0.05) is 69.8 Å². The largest absolute Gasteiger partial charge is 0.488 e. The number of halogens is 2. The molecule has 186 valence electrons. The summed E-state index contributed by atoms with van der Waals surface area (Å²) in [6, 6.07) is 10.9. The summed E-state index contributed by atoms with van der Waals surface area (Å²) in [5.41, 5.74) is 3.26. The Balaban J connectivity index is 1.96. The summed E-state index contributed by atoms with van der Waals surface area (Å²) >= 11 is 8.33. The molecule has 1 aliphatic heterocycles. The van der Waals surface area contributed by atoms with Crippen molar-refractivity contribution in [3.8, 4) is 5.75 Å². The number of thiazole rings is 1. The molecule has 0 radical (unpaired) electrons. The van der Waals surface area contributed by atoms with Gasteiger partial charge in [-0.3, -0.25) is 9.36 Å². The van der Waals surface area contributed by atoms with Crippen LogP contribution >= 0.6 is 43.2 Å². The Morgan fingerprint density at radius 3 is 2.61 bits per heavy atom. The number of hydrogen-bond donors (Lipinski definition) is 0. The molecular weight excluding hydrogens is 608 g/mol. The zero-order valence-corrected chi connectivity index (χ0v) is 24.0. The van der Waals surface area contributed by atoms with Gasteiger partial charge in [0.1, 0.15) is 12.4 Å². The quantitative estimate of drug-likeness (QED) is 0.266. The topological polar surface area (TPSA) is 69.9 Å². The number of benzene rings is 2. The van der Waals surface area contributed by atoms with Crippen LogP contribution in [0.1, 0.15) is 36.6 Å². The molecule has 36 heavy (non-hydrogen) atoms. The molecule has 0 saturated heterocycles. The monoisotopic (exact) mass is 630 g/mol. The van der Waals surface area contributed by atoms with E-state index in [1.54, 1.807) is 30.6 Å². The number of nitrogens with zero attached hydrogens (tertiary/aromatic N) is 2. The van der Waals surface area contributed by atoms with Gasteiger partial charge < -0.3 is 9.47 Å². The van der Waals surface area contributed by atoms with Crippen LogP contribution < -0.4 is 19.6 Å². The Bertz CT molecular complexity index is 1550. The van der Waals surface area contributed by atoms with Gasteiger partial charge in [0, 0.05) is 10.0 Å². The Morgan fingerprint density at radius 2 is 1.94 bits per heavy atom. The molecule has 9 heteroatoms. The fourth-order valence-electron chi connectivity index (χ4n) is 3.98. The maximum absolute atomic E-state index is 13.8. The number of rotatable bonds is 7. The van der Waals surface area contributed by atoms with Crippen molar-refractivity contribution in [2.75, 3.05) is 13.2 Å². The summed E-state index contributed by atoms with van der Waals surface area (Å²) in [6.45, 7) is 9.78. The number of carbonyl (C=O) groups excluding carboxylic acids is 1. The van der Waals surface area contributed by atoms with Crippen LogP contribution in [0, 0.1) is 6.92 Å². The Hall–Kier alpha value is -2.75. The van der Waals surface area contributed by atoms with E-state index in [1.807, 2.05) is 43.3 Å². The van der Waals surface area contributed by atoms with Crippen molar-refractivity contribution in [3.63, 3.8) is 0 Å². The molecule has 0 N–H and O–H groups in total. The number of aryl methyl sites for hydroxylation is 1. The fourth-order valence-corrected chi connectivity index (χ4v) is 6.39. The number of hydrogen-bond acceptors (Lipinski definition) is 6. The summed E-state index contributed by atoms with van der Waals surface area (Å²) in [4.78, 5) is 32.0. The highest BCUT2D eigenvalue weighted by Gasteiger charge is 2.33. The van der Waals surface area contributed by atoms with Crippen LogP contribution in [0.2, 0.25) is 0 Å². The summed E-state index contributed by atoms with van der Waals surface area (Å²) in [5, 5.41) is 0. The third-order valence-corrected chi connectivity index (χ3v) is 7.61. The van der Waals surface area contributed by atoms with E-state index in [0.717, 1.165) is 25.6 Å². The lowest BCUT2D eigenvalue weighted by molar-refractivity contribution is -0.139. The van der Waals surface area contributed by atoms with Crippen molar-refractivity contribution in [2.45, 2.75) is 26.8 Å². The molecule has 0 aliphatic carbocycles. The molecule has 0 spiro atoms. The number of allylic oxidation sites excluding steroid dienone is 1. The Kier molecular flexibility index (Phi) is 8.12. The maximum Gasteiger partial charge on any atom is 0.338 e. The molecule has 0 unspecified atom stereocenters. The van der Waals surface area contributed by atoms with Crippen LogP contribution in [0.25, 0.3) is 6.08 Å². The van der Waals surface area contributed by atoms with Crippen molar-refractivity contribution in [1.29, 1.82) is 0 Å². The minimum absolute atomic E-state index is 0.228. The van der Waals surface area contributed by atoms with Crippen LogP contribution in [0.3, 0.4) is 0 Å². The van der Waals surface area contributed by atoms with Gasteiger partial charge in [-0.2, -0.15) is 0 Å². The van der Waals surface area contributed by atoms with Crippen LogP contribution in [0.4, 0.5) is 0 Å². The SMILES string of the molecule is C=CCOc1c(Br)cc(Br)cc1/C=c1\sc2n(c1=O)[C@@H](c1ccc(C)cc1)C(C(=O)OCC)=C(C)N=2. The number of carbonyl (C=O) groups is 1. The highest BCUT2D eigenvalue weighted by Crippen LogP contribution is 2.34. The van der Waals surface area contributed by atoms with Gasteiger partial charge in [-0.05, 0) is 60.5 Å². The molecule has 2 aromatic carbocycles. The number of aromatic nitrogens is 1. The first-order valence-corrected chi connectivity index (χ1v) is 13.6. The summed E-state index contributed by atoms with van der Waals surface area (Å²) < 4.78 is 14.8. The molecule has 0 amide bonds. The molecule has 6 nitrogen and oxygen atoms in total. The second kappa shape index (κ2) is 11.1. The van der Waals surface area contributed by atoms with Crippen molar-refractivity contribution in [2.24, 2.45) is 4.99 Å². The number of esters is 1. The third-order valence-electron chi connectivity index (χ3n) is 5.58. The van der Waals surface area contributed by atoms with Gasteiger partial charge in [-0.15, -0.1) is 0 Å². The van der Waals surface area contributed by atoms with E-state index in [2.05, 4.69) is 43.4 Å². The molecular formula is C27H24Br2N2O4S. The molecule has 0 fully saturated rings. The zero-order valence-electron chi connectivity index (χ0n) is 20.0. The van der Waals surface area contributed by atoms with Gasteiger partial charge in [0.05, 0.1) is 32.9 Å². The molecule has 0 saturated carbocycles.